The molecule has 8 atom stereocenters. The van der Waals surface area contributed by atoms with E-state index in [1.54, 1.807) is 0 Å². The molecule has 0 aliphatic heterocycles. The molecule has 0 aromatic carbocycles. The van der Waals surface area contributed by atoms with Crippen LogP contribution in [0.5, 0.6) is 0 Å². The first-order valence-corrected chi connectivity index (χ1v) is 9.60. The Morgan fingerprint density at radius 2 is 1.57 bits per heavy atom. The Bertz CT molecular complexity index is 513. The smallest absolute Gasteiger partial charge is 0.0648 e. The fourth-order valence-electron chi connectivity index (χ4n) is 7.97. The molecule has 4 fully saturated rings. The summed E-state index contributed by atoms with van der Waals surface area (Å²) in [7, 11) is 0. The molecule has 23 heavy (non-hydrogen) atoms. The third-order valence-electron chi connectivity index (χ3n) is 9.03. The standard InChI is InChI=1S/C20H34O3/c1-17(2)10-13(21)11-18(3)16(17)8-15(22)14-7-12-9-20(14,18)6-5-19(12,4)23/h12-16,21-23H,5-11H2,1-4H3/t12-,13-,14+,15-,16-,18-,19-,20+/m0/s1. The van der Waals surface area contributed by atoms with E-state index >= 15 is 0 Å². The molecule has 0 saturated heterocycles. The first-order valence-electron chi connectivity index (χ1n) is 9.60. The molecule has 0 amide bonds. The Labute approximate surface area is 140 Å². The topological polar surface area (TPSA) is 60.7 Å². The third kappa shape index (κ3) is 1.93. The van der Waals surface area contributed by atoms with E-state index < -0.39 is 5.60 Å². The Kier molecular flexibility index (Phi) is 3.22. The lowest BCUT2D eigenvalue weighted by molar-refractivity contribution is -0.219. The van der Waals surface area contributed by atoms with Gasteiger partial charge in [0.25, 0.3) is 0 Å². The predicted molar refractivity (Wildman–Crippen MR) is 89.7 cm³/mol. The average molecular weight is 322 g/mol. The zero-order chi connectivity index (χ0) is 16.8. The van der Waals surface area contributed by atoms with Crippen LogP contribution in [0.3, 0.4) is 0 Å². The molecule has 0 heterocycles. The van der Waals surface area contributed by atoms with Crippen LogP contribution in [0, 0.1) is 34.0 Å². The summed E-state index contributed by atoms with van der Waals surface area (Å²) in [6, 6.07) is 0. The summed E-state index contributed by atoms with van der Waals surface area (Å²) in [5.74, 6) is 1.09. The fraction of sp³-hybridized carbons (Fsp3) is 1.00. The lowest BCUT2D eigenvalue weighted by atomic mass is 9.39. The van der Waals surface area contributed by atoms with Crippen molar-refractivity contribution in [2.24, 2.45) is 34.0 Å². The maximum atomic E-state index is 11.0. The number of aliphatic hydroxyl groups is 3. The molecule has 1 spiro atoms. The highest BCUT2D eigenvalue weighted by Crippen LogP contribution is 2.75. The summed E-state index contributed by atoms with van der Waals surface area (Å²) in [5.41, 5.74) is -0.299. The second-order valence-electron chi connectivity index (χ2n) is 10.6. The Hall–Kier alpha value is -0.120. The molecular weight excluding hydrogens is 288 g/mol. The van der Waals surface area contributed by atoms with Crippen LogP contribution in [-0.2, 0) is 0 Å². The lowest BCUT2D eigenvalue weighted by Gasteiger charge is -2.67. The van der Waals surface area contributed by atoms with Gasteiger partial charge in [-0.3, -0.25) is 0 Å². The highest BCUT2D eigenvalue weighted by atomic mass is 16.3. The van der Waals surface area contributed by atoms with Gasteiger partial charge in [0.05, 0.1) is 17.8 Å². The summed E-state index contributed by atoms with van der Waals surface area (Å²) < 4.78 is 0. The molecule has 4 aliphatic carbocycles. The zero-order valence-electron chi connectivity index (χ0n) is 15.2. The largest absolute Gasteiger partial charge is 0.393 e. The molecule has 0 unspecified atom stereocenters. The van der Waals surface area contributed by atoms with Gasteiger partial charge in [0.15, 0.2) is 0 Å². The van der Waals surface area contributed by atoms with Gasteiger partial charge in [-0.1, -0.05) is 20.8 Å². The lowest BCUT2D eigenvalue weighted by Crippen LogP contribution is -2.63. The Balaban J connectivity index is 1.81. The fourth-order valence-corrected chi connectivity index (χ4v) is 7.97. The van der Waals surface area contributed by atoms with E-state index in [-0.39, 0.29) is 28.5 Å². The van der Waals surface area contributed by atoms with Crippen molar-refractivity contribution in [2.45, 2.75) is 90.4 Å². The van der Waals surface area contributed by atoms with E-state index in [2.05, 4.69) is 20.8 Å². The van der Waals surface area contributed by atoms with E-state index in [0.29, 0.717) is 17.8 Å². The molecule has 4 aliphatic rings. The van der Waals surface area contributed by atoms with E-state index in [9.17, 15) is 15.3 Å². The van der Waals surface area contributed by atoms with Gasteiger partial charge in [-0.15, -0.1) is 0 Å². The molecule has 4 rings (SSSR count). The maximum Gasteiger partial charge on any atom is 0.0648 e. The van der Waals surface area contributed by atoms with Crippen LogP contribution in [-0.4, -0.2) is 33.1 Å². The van der Waals surface area contributed by atoms with E-state index in [0.717, 1.165) is 44.9 Å². The molecule has 0 aromatic heterocycles. The van der Waals surface area contributed by atoms with Crippen molar-refractivity contribution in [3.8, 4) is 0 Å². The van der Waals surface area contributed by atoms with Crippen LogP contribution in [0.25, 0.3) is 0 Å². The monoisotopic (exact) mass is 322 g/mol. The predicted octanol–water partition coefficient (Wildman–Crippen LogP) is 3.11. The number of hydrogen-bond acceptors (Lipinski definition) is 3. The van der Waals surface area contributed by atoms with Gasteiger partial charge in [0.1, 0.15) is 0 Å². The maximum absolute atomic E-state index is 11.0. The van der Waals surface area contributed by atoms with Crippen LogP contribution in [0.15, 0.2) is 0 Å². The van der Waals surface area contributed by atoms with E-state index in [1.165, 1.54) is 0 Å². The number of rotatable bonds is 0. The minimum atomic E-state index is -0.572. The number of fused-ring (bicyclic) bond motifs is 2. The van der Waals surface area contributed by atoms with Gasteiger partial charge < -0.3 is 15.3 Å². The van der Waals surface area contributed by atoms with Crippen LogP contribution >= 0.6 is 0 Å². The average Bonchev–Trinajstić information content (AvgIpc) is 2.77. The molecule has 3 N–H and O–H groups in total. The normalized spacial score (nSPS) is 60.9. The SMILES string of the molecule is CC1(C)C[C@H](O)C[C@@]2(C)[C@H]1C[C@H](O)[C@H]1C[C@H]3C[C@]12CC[C@]3(C)O. The van der Waals surface area contributed by atoms with Crippen LogP contribution in [0.2, 0.25) is 0 Å². The molecule has 4 saturated carbocycles. The van der Waals surface area contributed by atoms with Crippen molar-refractivity contribution in [3.05, 3.63) is 0 Å². The Morgan fingerprint density at radius 3 is 2.26 bits per heavy atom. The van der Waals surface area contributed by atoms with E-state index in [4.69, 9.17) is 0 Å². The van der Waals surface area contributed by atoms with Crippen molar-refractivity contribution in [3.63, 3.8) is 0 Å². The summed E-state index contributed by atoms with van der Waals surface area (Å²) in [4.78, 5) is 0. The van der Waals surface area contributed by atoms with Gasteiger partial charge in [0, 0.05) is 0 Å². The minimum Gasteiger partial charge on any atom is -0.393 e. The zero-order valence-corrected chi connectivity index (χ0v) is 15.2. The number of hydrogen-bond donors (Lipinski definition) is 3. The summed E-state index contributed by atoms with van der Waals surface area (Å²) in [6.45, 7) is 8.97. The molecular formula is C20H34O3. The molecule has 2 bridgehead atoms. The van der Waals surface area contributed by atoms with Gasteiger partial charge in [0.2, 0.25) is 0 Å². The van der Waals surface area contributed by atoms with Gasteiger partial charge in [-0.2, -0.15) is 0 Å². The van der Waals surface area contributed by atoms with Crippen LogP contribution in [0.4, 0.5) is 0 Å². The molecule has 3 nitrogen and oxygen atoms in total. The van der Waals surface area contributed by atoms with Crippen molar-refractivity contribution < 1.29 is 15.3 Å². The number of aliphatic hydroxyl groups excluding tert-OH is 2. The molecule has 3 heteroatoms. The minimum absolute atomic E-state index is 0.0746. The van der Waals surface area contributed by atoms with Crippen molar-refractivity contribution >= 4 is 0 Å². The summed E-state index contributed by atoms with van der Waals surface area (Å²) in [5, 5.41) is 32.4. The van der Waals surface area contributed by atoms with Gasteiger partial charge >= 0.3 is 0 Å². The highest BCUT2D eigenvalue weighted by molar-refractivity contribution is 5.20. The summed E-state index contributed by atoms with van der Waals surface area (Å²) in [6.07, 6.45) is 6.00. The third-order valence-corrected chi connectivity index (χ3v) is 9.03. The highest BCUT2D eigenvalue weighted by Gasteiger charge is 2.71. The quantitative estimate of drug-likeness (QED) is 0.642. The van der Waals surface area contributed by atoms with Gasteiger partial charge in [-0.25, -0.2) is 0 Å². The second-order valence-corrected chi connectivity index (χ2v) is 10.6. The van der Waals surface area contributed by atoms with E-state index in [1.807, 2.05) is 6.92 Å². The van der Waals surface area contributed by atoms with Crippen molar-refractivity contribution in [2.75, 3.05) is 0 Å². The molecule has 132 valence electrons. The van der Waals surface area contributed by atoms with Crippen molar-refractivity contribution in [1.29, 1.82) is 0 Å². The molecule has 0 aromatic rings. The summed E-state index contributed by atoms with van der Waals surface area (Å²) >= 11 is 0. The van der Waals surface area contributed by atoms with Gasteiger partial charge in [-0.05, 0) is 85.9 Å². The molecule has 0 radical (unpaired) electrons. The van der Waals surface area contributed by atoms with Crippen LogP contribution in [0.1, 0.15) is 72.6 Å². The first-order chi connectivity index (χ1) is 10.5. The second kappa shape index (κ2) is 4.53. The first kappa shape index (κ1) is 16.4. The van der Waals surface area contributed by atoms with Crippen molar-refractivity contribution in [1.82, 2.24) is 0 Å². The van der Waals surface area contributed by atoms with Crippen LogP contribution < -0.4 is 0 Å². The Morgan fingerprint density at radius 1 is 0.870 bits per heavy atom.